The van der Waals surface area contributed by atoms with Crippen LogP contribution in [0.4, 0.5) is 10.5 Å². The van der Waals surface area contributed by atoms with E-state index in [0.29, 0.717) is 6.54 Å². The van der Waals surface area contributed by atoms with Crippen molar-refractivity contribution in [2.24, 2.45) is 0 Å². The monoisotopic (exact) mass is 421 g/mol. The van der Waals surface area contributed by atoms with Gasteiger partial charge in [-0.25, -0.2) is 9.78 Å². The molecule has 3 aromatic rings. The minimum absolute atomic E-state index is 0.0139. The summed E-state index contributed by atoms with van der Waals surface area (Å²) in [7, 11) is 0.116. The molecule has 2 aliphatic rings. The van der Waals surface area contributed by atoms with Crippen molar-refractivity contribution in [2.45, 2.75) is 38.1 Å². The molecule has 30 heavy (non-hydrogen) atoms. The predicted octanol–water partition coefficient (Wildman–Crippen LogP) is 4.26. The van der Waals surface area contributed by atoms with Crippen LogP contribution in [0, 0.1) is 0 Å². The normalized spacial score (nSPS) is 19.1. The molecule has 0 bridgehead atoms. The molecule has 6 nitrogen and oxygen atoms in total. The lowest BCUT2D eigenvalue weighted by molar-refractivity contribution is 0.237. The Morgan fingerprint density at radius 1 is 1.20 bits per heavy atom. The fourth-order valence-corrected chi connectivity index (χ4v) is 6.42. The van der Waals surface area contributed by atoms with Crippen molar-refractivity contribution in [3.05, 3.63) is 59.9 Å². The number of anilines is 1. The Bertz CT molecular complexity index is 1090. The highest BCUT2D eigenvalue weighted by atomic mass is 32.2. The van der Waals surface area contributed by atoms with Gasteiger partial charge in [-0.15, -0.1) is 10.7 Å². The molecule has 1 atom stereocenters. The number of amides is 2. The van der Waals surface area contributed by atoms with Crippen LogP contribution >= 0.6 is 10.7 Å². The number of hydrogen-bond acceptors (Lipinski definition) is 3. The third kappa shape index (κ3) is 3.52. The van der Waals surface area contributed by atoms with E-state index < -0.39 is 0 Å². The Hall–Kier alpha value is -2.64. The fraction of sp³-hybridized carbons (Fsp3) is 0.348. The average molecular weight is 422 g/mol. The van der Waals surface area contributed by atoms with Crippen LogP contribution in [-0.4, -0.2) is 44.8 Å². The van der Waals surface area contributed by atoms with Crippen LogP contribution in [-0.2, 0) is 12.3 Å². The second-order valence-electron chi connectivity index (χ2n) is 7.83. The molecular formula is C23H27N5OS. The summed E-state index contributed by atoms with van der Waals surface area (Å²) in [4.78, 5) is 22.6. The van der Waals surface area contributed by atoms with Crippen molar-refractivity contribution in [3.8, 4) is 0 Å². The van der Waals surface area contributed by atoms with Gasteiger partial charge in [0.15, 0.2) is 0 Å². The molecule has 1 unspecified atom stereocenters. The maximum absolute atomic E-state index is 12.9. The molecule has 1 saturated heterocycles. The number of carbonyl (C=O) groups excluding carboxylic acids is 1. The molecule has 2 aliphatic heterocycles. The van der Waals surface area contributed by atoms with Crippen LogP contribution in [0.1, 0.15) is 30.9 Å². The fourth-order valence-electron chi connectivity index (χ4n) is 4.56. The van der Waals surface area contributed by atoms with Gasteiger partial charge < -0.3 is 10.3 Å². The number of carbonyl (C=O) groups is 1. The summed E-state index contributed by atoms with van der Waals surface area (Å²) in [5.74, 6) is 1.06. The number of urea groups is 1. The summed E-state index contributed by atoms with van der Waals surface area (Å²) in [6.45, 7) is 4.72. The topological polar surface area (TPSA) is 64.3 Å². The minimum atomic E-state index is 0.0139. The van der Waals surface area contributed by atoms with Crippen LogP contribution in [0.3, 0.4) is 0 Å². The zero-order valence-electron chi connectivity index (χ0n) is 17.2. The van der Waals surface area contributed by atoms with Gasteiger partial charge in [0.2, 0.25) is 0 Å². The zero-order chi connectivity index (χ0) is 20.5. The Morgan fingerprint density at radius 3 is 2.77 bits per heavy atom. The molecule has 0 aliphatic carbocycles. The van der Waals surface area contributed by atoms with Gasteiger partial charge in [-0.05, 0) is 36.8 Å². The highest BCUT2D eigenvalue weighted by molar-refractivity contribution is 8.12. The summed E-state index contributed by atoms with van der Waals surface area (Å²) in [5, 5.41) is 6.42. The number of H-pyrrole nitrogens is 1. The van der Waals surface area contributed by atoms with Gasteiger partial charge in [0.25, 0.3) is 0 Å². The van der Waals surface area contributed by atoms with E-state index in [2.05, 4.69) is 62.2 Å². The summed E-state index contributed by atoms with van der Waals surface area (Å²) in [6.07, 6.45) is 5.75. The quantitative estimate of drug-likeness (QED) is 0.619. The molecule has 156 valence electrons. The molecule has 2 N–H and O–H groups in total. The Balaban J connectivity index is 1.35. The molecule has 5 rings (SSSR count). The number of aromatic amines is 1. The number of piperidine rings is 1. The van der Waals surface area contributed by atoms with Crippen LogP contribution in [0.2, 0.25) is 0 Å². The third-order valence-electron chi connectivity index (χ3n) is 6.07. The van der Waals surface area contributed by atoms with E-state index in [1.165, 1.54) is 5.56 Å². The minimum Gasteiger partial charge on any atom is -0.346 e. The second-order valence-corrected chi connectivity index (χ2v) is 9.91. The van der Waals surface area contributed by atoms with E-state index in [1.807, 2.05) is 23.4 Å². The number of benzene rings is 1. The first-order valence-electron chi connectivity index (χ1n) is 10.5. The van der Waals surface area contributed by atoms with Gasteiger partial charge in [-0.1, -0.05) is 30.3 Å². The maximum atomic E-state index is 12.9. The highest BCUT2D eigenvalue weighted by Crippen LogP contribution is 2.37. The van der Waals surface area contributed by atoms with Crippen LogP contribution in [0.5, 0.6) is 0 Å². The van der Waals surface area contributed by atoms with Gasteiger partial charge in [0.05, 0.1) is 5.69 Å². The molecule has 0 spiro atoms. The first-order valence-corrected chi connectivity index (χ1v) is 12.0. The van der Waals surface area contributed by atoms with Gasteiger partial charge in [-0.2, -0.15) is 0 Å². The summed E-state index contributed by atoms with van der Waals surface area (Å²) in [5.41, 5.74) is 4.35. The van der Waals surface area contributed by atoms with Crippen LogP contribution < -0.4 is 10.2 Å². The molecule has 0 radical (unpaired) electrons. The molecule has 7 heteroatoms. The Labute approximate surface area is 179 Å². The largest absolute Gasteiger partial charge is 0.346 e. The lowest BCUT2D eigenvalue weighted by Gasteiger charge is -2.41. The number of nitrogens with one attached hydrogen (secondary N) is 2. The molecule has 2 aromatic heterocycles. The SMILES string of the molecule is CC=S(Cc1ccccc1)N1CCC(N2C(=O)NCc3cnc4[nH]ccc4c32)CC1. The molecular weight excluding hydrogens is 394 g/mol. The molecule has 4 heterocycles. The lowest BCUT2D eigenvalue weighted by atomic mass is 10.0. The van der Waals surface area contributed by atoms with Crippen LogP contribution in [0.25, 0.3) is 11.0 Å². The predicted molar refractivity (Wildman–Crippen MR) is 125 cm³/mol. The van der Waals surface area contributed by atoms with Crippen molar-refractivity contribution in [1.82, 2.24) is 19.6 Å². The van der Waals surface area contributed by atoms with E-state index in [4.69, 9.17) is 0 Å². The van der Waals surface area contributed by atoms with E-state index in [-0.39, 0.29) is 22.7 Å². The Kier molecular flexibility index (Phi) is 5.31. The summed E-state index contributed by atoms with van der Waals surface area (Å²) < 4.78 is 2.59. The Morgan fingerprint density at radius 2 is 2.00 bits per heavy atom. The number of nitrogens with zero attached hydrogens (tertiary/aromatic N) is 3. The summed E-state index contributed by atoms with van der Waals surface area (Å²) in [6, 6.07) is 13.0. The van der Waals surface area contributed by atoms with E-state index in [0.717, 1.165) is 54.0 Å². The molecule has 2 amide bonds. The van der Waals surface area contributed by atoms with Gasteiger partial charge >= 0.3 is 6.03 Å². The van der Waals surface area contributed by atoms with Crippen molar-refractivity contribution in [1.29, 1.82) is 0 Å². The average Bonchev–Trinajstić information content (AvgIpc) is 3.28. The number of fused-ring (bicyclic) bond motifs is 3. The molecule has 1 aromatic carbocycles. The number of aromatic nitrogens is 2. The van der Waals surface area contributed by atoms with Crippen molar-refractivity contribution in [3.63, 3.8) is 0 Å². The van der Waals surface area contributed by atoms with E-state index in [9.17, 15) is 4.79 Å². The first kappa shape index (κ1) is 19.3. The lowest BCUT2D eigenvalue weighted by Crippen LogP contribution is -2.53. The van der Waals surface area contributed by atoms with Crippen molar-refractivity contribution < 1.29 is 4.79 Å². The van der Waals surface area contributed by atoms with Crippen molar-refractivity contribution in [2.75, 3.05) is 18.0 Å². The third-order valence-corrected chi connectivity index (χ3v) is 8.28. The highest BCUT2D eigenvalue weighted by Gasteiger charge is 2.34. The van der Waals surface area contributed by atoms with Gasteiger partial charge in [-0.3, -0.25) is 9.21 Å². The van der Waals surface area contributed by atoms with Crippen molar-refractivity contribution >= 4 is 38.8 Å². The number of pyridine rings is 1. The van der Waals surface area contributed by atoms with Crippen LogP contribution in [0.15, 0.2) is 48.8 Å². The van der Waals surface area contributed by atoms with E-state index >= 15 is 0 Å². The van der Waals surface area contributed by atoms with E-state index in [1.54, 1.807) is 0 Å². The molecule has 0 saturated carbocycles. The first-order chi connectivity index (χ1) is 14.7. The smallest absolute Gasteiger partial charge is 0.322 e. The van der Waals surface area contributed by atoms with Gasteiger partial charge in [0, 0.05) is 54.8 Å². The zero-order valence-corrected chi connectivity index (χ0v) is 18.0. The summed E-state index contributed by atoms with van der Waals surface area (Å²) >= 11 is 0. The second kappa shape index (κ2) is 8.24. The maximum Gasteiger partial charge on any atom is 0.322 e. The number of hydrogen-bond donors (Lipinski definition) is 2. The number of rotatable bonds is 4. The molecule has 1 fully saturated rings. The standard InChI is InChI=1S/C23H27N5OS/c1-2-30(16-17-6-4-3-5-7-17)27-12-9-19(10-13-27)28-21-18(15-26-23(28)29)14-25-22-20(21)8-11-24-22/h2-8,11,14,19H,9-10,12-13,15-16H2,1H3,(H,24,25)(H,26,29). The van der Waals surface area contributed by atoms with Gasteiger partial charge in [0.1, 0.15) is 5.65 Å².